The highest BCUT2D eigenvalue weighted by Crippen LogP contribution is 2.00. The van der Waals surface area contributed by atoms with E-state index in [1.165, 1.54) is 0 Å². The second-order valence-electron chi connectivity index (χ2n) is 4.09. The van der Waals surface area contributed by atoms with Crippen molar-refractivity contribution >= 4 is 5.97 Å². The Balaban J connectivity index is 2.23. The van der Waals surface area contributed by atoms with Gasteiger partial charge in [0.25, 0.3) is 0 Å². The number of esters is 1. The van der Waals surface area contributed by atoms with Gasteiger partial charge in [0.1, 0.15) is 0 Å². The van der Waals surface area contributed by atoms with Gasteiger partial charge in [-0.1, -0.05) is 6.92 Å². The molecular formula is C11H22N2O2. The van der Waals surface area contributed by atoms with E-state index in [0.29, 0.717) is 6.54 Å². The molecule has 1 aliphatic heterocycles. The zero-order chi connectivity index (χ0) is 11.1. The largest absolute Gasteiger partial charge is 0.462 e. The average Bonchev–Trinajstić information content (AvgIpc) is 2.46. The summed E-state index contributed by atoms with van der Waals surface area (Å²) in [6.45, 7) is 8.34. The second-order valence-corrected chi connectivity index (χ2v) is 4.09. The molecule has 0 aromatic carbocycles. The molecule has 4 heteroatoms. The Labute approximate surface area is 92.0 Å². The molecular weight excluding hydrogens is 192 g/mol. The number of nitrogens with one attached hydrogen (secondary N) is 1. The van der Waals surface area contributed by atoms with Gasteiger partial charge in [0, 0.05) is 13.1 Å². The molecule has 1 N–H and O–H groups in total. The van der Waals surface area contributed by atoms with Gasteiger partial charge in [0.05, 0.1) is 12.6 Å². The summed E-state index contributed by atoms with van der Waals surface area (Å²) in [6, 6.07) is 0. The van der Waals surface area contributed by atoms with E-state index < -0.39 is 0 Å². The Bertz CT molecular complexity index is 189. The summed E-state index contributed by atoms with van der Waals surface area (Å²) in [4.78, 5) is 13.7. The van der Waals surface area contributed by atoms with E-state index in [1.807, 2.05) is 13.8 Å². The fourth-order valence-corrected chi connectivity index (χ4v) is 1.59. The standard InChI is InChI=1S/C11H22N2O2/c1-3-10(2)15-11(14)9-13-7-4-5-12-6-8-13/h10,12H,3-9H2,1-2H3. The number of hydrogen-bond donors (Lipinski definition) is 1. The number of carbonyl (C=O) groups is 1. The van der Waals surface area contributed by atoms with E-state index in [4.69, 9.17) is 4.74 Å². The Kier molecular flexibility index (Phi) is 5.65. The average molecular weight is 214 g/mol. The van der Waals surface area contributed by atoms with Crippen molar-refractivity contribution in [3.63, 3.8) is 0 Å². The maximum atomic E-state index is 11.5. The van der Waals surface area contributed by atoms with Gasteiger partial charge in [-0.15, -0.1) is 0 Å². The van der Waals surface area contributed by atoms with E-state index in [9.17, 15) is 4.79 Å². The van der Waals surface area contributed by atoms with Crippen LogP contribution >= 0.6 is 0 Å². The minimum atomic E-state index is -0.0914. The zero-order valence-electron chi connectivity index (χ0n) is 9.79. The number of nitrogens with zero attached hydrogens (tertiary/aromatic N) is 1. The minimum absolute atomic E-state index is 0.0441. The smallest absolute Gasteiger partial charge is 0.320 e. The molecule has 1 atom stereocenters. The minimum Gasteiger partial charge on any atom is -0.462 e. The number of hydrogen-bond acceptors (Lipinski definition) is 4. The normalized spacial score (nSPS) is 20.7. The van der Waals surface area contributed by atoms with Gasteiger partial charge in [0.15, 0.2) is 0 Å². The van der Waals surface area contributed by atoms with Crippen LogP contribution in [0, 0.1) is 0 Å². The van der Waals surface area contributed by atoms with E-state index in [1.54, 1.807) is 0 Å². The van der Waals surface area contributed by atoms with Gasteiger partial charge in [-0.3, -0.25) is 9.69 Å². The fraction of sp³-hybridized carbons (Fsp3) is 0.909. The summed E-state index contributed by atoms with van der Waals surface area (Å²) in [5, 5.41) is 3.31. The van der Waals surface area contributed by atoms with E-state index >= 15 is 0 Å². The molecule has 1 saturated heterocycles. The van der Waals surface area contributed by atoms with Crippen LogP contribution in [0.5, 0.6) is 0 Å². The van der Waals surface area contributed by atoms with Crippen molar-refractivity contribution in [3.05, 3.63) is 0 Å². The third-order valence-electron chi connectivity index (χ3n) is 2.69. The molecule has 1 aliphatic rings. The van der Waals surface area contributed by atoms with Gasteiger partial charge in [-0.25, -0.2) is 0 Å². The fourth-order valence-electron chi connectivity index (χ4n) is 1.59. The van der Waals surface area contributed by atoms with Crippen LogP contribution in [0.15, 0.2) is 0 Å². The van der Waals surface area contributed by atoms with Crippen LogP contribution in [0.3, 0.4) is 0 Å². The second kappa shape index (κ2) is 6.80. The van der Waals surface area contributed by atoms with Crippen LogP contribution in [0.4, 0.5) is 0 Å². The molecule has 1 heterocycles. The first-order chi connectivity index (χ1) is 7.22. The molecule has 0 amide bonds. The molecule has 0 aromatic heterocycles. The lowest BCUT2D eigenvalue weighted by atomic mass is 10.3. The topological polar surface area (TPSA) is 41.6 Å². The molecule has 0 bridgehead atoms. The summed E-state index contributed by atoms with van der Waals surface area (Å²) in [5.41, 5.74) is 0. The predicted octanol–water partition coefficient (Wildman–Crippen LogP) is 0.623. The van der Waals surface area contributed by atoms with Gasteiger partial charge < -0.3 is 10.1 Å². The SMILES string of the molecule is CCC(C)OC(=O)CN1CCCNCC1. The highest BCUT2D eigenvalue weighted by Gasteiger charge is 2.14. The monoisotopic (exact) mass is 214 g/mol. The van der Waals surface area contributed by atoms with Gasteiger partial charge in [-0.05, 0) is 32.9 Å². The molecule has 15 heavy (non-hydrogen) atoms. The summed E-state index contributed by atoms with van der Waals surface area (Å²) in [5.74, 6) is -0.0914. The van der Waals surface area contributed by atoms with Crippen molar-refractivity contribution in [2.45, 2.75) is 32.8 Å². The molecule has 0 spiro atoms. The predicted molar refractivity (Wildman–Crippen MR) is 59.8 cm³/mol. The third kappa shape index (κ3) is 5.14. The maximum absolute atomic E-state index is 11.5. The molecule has 88 valence electrons. The quantitative estimate of drug-likeness (QED) is 0.697. The van der Waals surface area contributed by atoms with Crippen molar-refractivity contribution in [3.8, 4) is 0 Å². The zero-order valence-corrected chi connectivity index (χ0v) is 9.79. The van der Waals surface area contributed by atoms with E-state index in [2.05, 4.69) is 10.2 Å². The van der Waals surface area contributed by atoms with Crippen molar-refractivity contribution in [1.82, 2.24) is 10.2 Å². The maximum Gasteiger partial charge on any atom is 0.320 e. The lowest BCUT2D eigenvalue weighted by Crippen LogP contribution is -2.34. The van der Waals surface area contributed by atoms with Crippen molar-refractivity contribution in [2.75, 3.05) is 32.7 Å². The van der Waals surface area contributed by atoms with Crippen molar-refractivity contribution in [2.24, 2.45) is 0 Å². The van der Waals surface area contributed by atoms with Gasteiger partial charge in [-0.2, -0.15) is 0 Å². The Morgan fingerprint density at radius 3 is 3.00 bits per heavy atom. The highest BCUT2D eigenvalue weighted by atomic mass is 16.5. The molecule has 0 saturated carbocycles. The molecule has 1 unspecified atom stereocenters. The molecule has 1 rings (SSSR count). The van der Waals surface area contributed by atoms with Crippen LogP contribution in [0.25, 0.3) is 0 Å². The summed E-state index contributed by atoms with van der Waals surface area (Å²) >= 11 is 0. The van der Waals surface area contributed by atoms with E-state index in [0.717, 1.165) is 39.0 Å². The third-order valence-corrected chi connectivity index (χ3v) is 2.69. The van der Waals surface area contributed by atoms with E-state index in [-0.39, 0.29) is 12.1 Å². The number of carbonyl (C=O) groups excluding carboxylic acids is 1. The summed E-state index contributed by atoms with van der Waals surface area (Å²) < 4.78 is 5.24. The molecule has 1 fully saturated rings. The Morgan fingerprint density at radius 2 is 2.27 bits per heavy atom. The van der Waals surface area contributed by atoms with Crippen LogP contribution in [0.2, 0.25) is 0 Å². The molecule has 4 nitrogen and oxygen atoms in total. The molecule has 0 aromatic rings. The van der Waals surface area contributed by atoms with Crippen molar-refractivity contribution in [1.29, 1.82) is 0 Å². The molecule has 0 radical (unpaired) electrons. The van der Waals surface area contributed by atoms with Crippen molar-refractivity contribution < 1.29 is 9.53 Å². The first kappa shape index (κ1) is 12.5. The number of rotatable bonds is 4. The number of ether oxygens (including phenoxy) is 1. The lowest BCUT2D eigenvalue weighted by molar-refractivity contribution is -0.149. The first-order valence-electron chi connectivity index (χ1n) is 5.85. The summed E-state index contributed by atoms with van der Waals surface area (Å²) in [6.07, 6.45) is 2.03. The van der Waals surface area contributed by atoms with Crippen LogP contribution < -0.4 is 5.32 Å². The van der Waals surface area contributed by atoms with Gasteiger partial charge >= 0.3 is 5.97 Å². The summed E-state index contributed by atoms with van der Waals surface area (Å²) in [7, 11) is 0. The van der Waals surface area contributed by atoms with Crippen LogP contribution in [0.1, 0.15) is 26.7 Å². The van der Waals surface area contributed by atoms with Crippen LogP contribution in [-0.4, -0.2) is 49.7 Å². The Morgan fingerprint density at radius 1 is 1.47 bits per heavy atom. The molecule has 0 aliphatic carbocycles. The first-order valence-corrected chi connectivity index (χ1v) is 5.85. The van der Waals surface area contributed by atoms with Crippen LogP contribution in [-0.2, 0) is 9.53 Å². The Hall–Kier alpha value is -0.610. The lowest BCUT2D eigenvalue weighted by Gasteiger charge is -2.19. The highest BCUT2D eigenvalue weighted by molar-refractivity contribution is 5.71. The van der Waals surface area contributed by atoms with Gasteiger partial charge in [0.2, 0.25) is 0 Å².